The maximum absolute atomic E-state index is 4.38. The number of rotatable bonds is 8. The lowest BCUT2D eigenvalue weighted by Crippen LogP contribution is -2.39. The highest BCUT2D eigenvalue weighted by Crippen LogP contribution is 2.20. The number of thiazole rings is 1. The van der Waals surface area contributed by atoms with Crippen LogP contribution in [0.15, 0.2) is 6.20 Å². The maximum atomic E-state index is 4.38. The minimum atomic E-state index is 0.565. The van der Waals surface area contributed by atoms with Gasteiger partial charge in [0, 0.05) is 36.8 Å². The van der Waals surface area contributed by atoms with Crippen LogP contribution in [0.4, 0.5) is 5.13 Å². The number of likely N-dealkylation sites (N-methyl/N-ethyl adjacent to an activating group) is 2. The lowest BCUT2D eigenvalue weighted by molar-refractivity contribution is 0.175. The van der Waals surface area contributed by atoms with Crippen molar-refractivity contribution in [2.75, 3.05) is 39.0 Å². The van der Waals surface area contributed by atoms with Crippen LogP contribution in [-0.4, -0.2) is 54.6 Å². The molecule has 0 amide bonds. The Kier molecular flexibility index (Phi) is 6.60. The van der Waals surface area contributed by atoms with Crippen molar-refractivity contribution >= 4 is 16.5 Å². The molecular formula is C13H26N4S. The van der Waals surface area contributed by atoms with E-state index in [1.165, 1.54) is 4.88 Å². The molecule has 0 aliphatic heterocycles. The van der Waals surface area contributed by atoms with Gasteiger partial charge in [0.1, 0.15) is 0 Å². The first-order valence-corrected chi connectivity index (χ1v) is 7.45. The van der Waals surface area contributed by atoms with Crippen molar-refractivity contribution in [3.05, 3.63) is 11.1 Å². The standard InChI is InChI=1S/C13H26N4S/c1-6-14-13-15-8-12(18-13)10-17(7-2)11(3)9-16(4)5/h8,11H,6-7,9-10H2,1-5H3,(H,14,15). The third kappa shape index (κ3) is 4.92. The Morgan fingerprint density at radius 1 is 1.39 bits per heavy atom. The van der Waals surface area contributed by atoms with Gasteiger partial charge in [0.25, 0.3) is 0 Å². The summed E-state index contributed by atoms with van der Waals surface area (Å²) in [6, 6.07) is 0.565. The topological polar surface area (TPSA) is 31.4 Å². The summed E-state index contributed by atoms with van der Waals surface area (Å²) in [6.07, 6.45) is 1.99. The number of nitrogens with zero attached hydrogens (tertiary/aromatic N) is 3. The largest absolute Gasteiger partial charge is 0.362 e. The van der Waals surface area contributed by atoms with Gasteiger partial charge in [-0.3, -0.25) is 4.90 Å². The first-order valence-electron chi connectivity index (χ1n) is 6.64. The van der Waals surface area contributed by atoms with E-state index in [1.807, 2.05) is 6.20 Å². The third-order valence-electron chi connectivity index (χ3n) is 2.90. The van der Waals surface area contributed by atoms with E-state index in [-0.39, 0.29) is 0 Å². The number of hydrogen-bond acceptors (Lipinski definition) is 5. The summed E-state index contributed by atoms with van der Waals surface area (Å²) in [6.45, 7) is 10.7. The molecule has 1 atom stereocenters. The average Bonchev–Trinajstić information content (AvgIpc) is 2.73. The summed E-state index contributed by atoms with van der Waals surface area (Å²) < 4.78 is 0. The van der Waals surface area contributed by atoms with E-state index in [0.717, 1.165) is 31.3 Å². The smallest absolute Gasteiger partial charge is 0.182 e. The van der Waals surface area contributed by atoms with Crippen LogP contribution in [0.25, 0.3) is 0 Å². The van der Waals surface area contributed by atoms with Gasteiger partial charge in [-0.05, 0) is 34.5 Å². The zero-order valence-corrected chi connectivity index (χ0v) is 13.0. The van der Waals surface area contributed by atoms with Gasteiger partial charge in [0.15, 0.2) is 5.13 Å². The molecule has 0 saturated carbocycles. The molecule has 5 heteroatoms. The molecule has 18 heavy (non-hydrogen) atoms. The SMILES string of the molecule is CCNc1ncc(CN(CC)C(C)CN(C)C)s1. The zero-order chi connectivity index (χ0) is 13.5. The summed E-state index contributed by atoms with van der Waals surface area (Å²) in [5.74, 6) is 0. The molecule has 1 N–H and O–H groups in total. The molecule has 1 aromatic heterocycles. The predicted octanol–water partition coefficient (Wildman–Crippen LogP) is 2.35. The molecule has 0 aliphatic carbocycles. The van der Waals surface area contributed by atoms with Crippen LogP contribution in [0, 0.1) is 0 Å². The van der Waals surface area contributed by atoms with Crippen LogP contribution in [0.2, 0.25) is 0 Å². The molecule has 0 bridgehead atoms. The van der Waals surface area contributed by atoms with Crippen molar-refractivity contribution in [3.8, 4) is 0 Å². The van der Waals surface area contributed by atoms with E-state index in [1.54, 1.807) is 11.3 Å². The van der Waals surface area contributed by atoms with E-state index in [2.05, 4.69) is 55.0 Å². The summed E-state index contributed by atoms with van der Waals surface area (Å²) in [5.41, 5.74) is 0. The number of aromatic nitrogens is 1. The fourth-order valence-corrected chi connectivity index (χ4v) is 2.94. The molecule has 0 aromatic carbocycles. The molecule has 104 valence electrons. The van der Waals surface area contributed by atoms with Crippen LogP contribution < -0.4 is 5.32 Å². The Morgan fingerprint density at radius 2 is 2.11 bits per heavy atom. The lowest BCUT2D eigenvalue weighted by Gasteiger charge is -2.29. The van der Waals surface area contributed by atoms with Crippen LogP contribution in [0.5, 0.6) is 0 Å². The molecule has 0 saturated heterocycles. The highest BCUT2D eigenvalue weighted by atomic mass is 32.1. The van der Waals surface area contributed by atoms with E-state index in [0.29, 0.717) is 6.04 Å². The molecule has 0 radical (unpaired) electrons. The first-order chi connectivity index (χ1) is 8.56. The fourth-order valence-electron chi connectivity index (χ4n) is 2.04. The quantitative estimate of drug-likeness (QED) is 0.786. The van der Waals surface area contributed by atoms with Crippen LogP contribution in [0.1, 0.15) is 25.6 Å². The minimum absolute atomic E-state index is 0.565. The number of hydrogen-bond donors (Lipinski definition) is 1. The first kappa shape index (κ1) is 15.4. The summed E-state index contributed by atoms with van der Waals surface area (Å²) in [5, 5.41) is 4.29. The van der Waals surface area contributed by atoms with E-state index >= 15 is 0 Å². The van der Waals surface area contributed by atoms with Gasteiger partial charge in [-0.2, -0.15) is 0 Å². The highest BCUT2D eigenvalue weighted by molar-refractivity contribution is 7.15. The Hall–Kier alpha value is -0.650. The number of nitrogens with one attached hydrogen (secondary N) is 1. The summed E-state index contributed by atoms with van der Waals surface area (Å²) >= 11 is 1.76. The van der Waals surface area contributed by atoms with Gasteiger partial charge in [0.2, 0.25) is 0 Å². The van der Waals surface area contributed by atoms with Crippen molar-refractivity contribution in [1.82, 2.24) is 14.8 Å². The molecule has 1 aromatic rings. The van der Waals surface area contributed by atoms with Crippen LogP contribution >= 0.6 is 11.3 Å². The Morgan fingerprint density at radius 3 is 2.67 bits per heavy atom. The Balaban J connectivity index is 2.55. The van der Waals surface area contributed by atoms with Crippen molar-refractivity contribution in [2.24, 2.45) is 0 Å². The molecule has 1 rings (SSSR count). The molecule has 4 nitrogen and oxygen atoms in total. The molecule has 1 heterocycles. The van der Waals surface area contributed by atoms with Gasteiger partial charge in [-0.25, -0.2) is 4.98 Å². The summed E-state index contributed by atoms with van der Waals surface area (Å²) in [7, 11) is 4.25. The molecule has 0 aliphatic rings. The molecule has 1 unspecified atom stereocenters. The monoisotopic (exact) mass is 270 g/mol. The van der Waals surface area contributed by atoms with Gasteiger partial charge >= 0.3 is 0 Å². The van der Waals surface area contributed by atoms with Gasteiger partial charge in [-0.1, -0.05) is 6.92 Å². The average molecular weight is 270 g/mol. The van der Waals surface area contributed by atoms with Crippen molar-refractivity contribution < 1.29 is 0 Å². The molecule has 0 fully saturated rings. The highest BCUT2D eigenvalue weighted by Gasteiger charge is 2.14. The van der Waals surface area contributed by atoms with E-state index in [9.17, 15) is 0 Å². The van der Waals surface area contributed by atoms with Crippen molar-refractivity contribution in [1.29, 1.82) is 0 Å². The van der Waals surface area contributed by atoms with Gasteiger partial charge < -0.3 is 10.2 Å². The summed E-state index contributed by atoms with van der Waals surface area (Å²) in [4.78, 5) is 10.4. The van der Waals surface area contributed by atoms with E-state index in [4.69, 9.17) is 0 Å². The Bertz CT molecular complexity index is 337. The fraction of sp³-hybridized carbons (Fsp3) is 0.769. The zero-order valence-electron chi connectivity index (χ0n) is 12.2. The van der Waals surface area contributed by atoms with Gasteiger partial charge in [-0.15, -0.1) is 11.3 Å². The molecule has 0 spiro atoms. The molecular weight excluding hydrogens is 244 g/mol. The second-order valence-electron chi connectivity index (χ2n) is 4.84. The Labute approximate surface area is 115 Å². The van der Waals surface area contributed by atoms with Crippen LogP contribution in [0.3, 0.4) is 0 Å². The third-order valence-corrected chi connectivity index (χ3v) is 3.84. The second kappa shape index (κ2) is 7.71. The van der Waals surface area contributed by atoms with Crippen molar-refractivity contribution in [2.45, 2.75) is 33.4 Å². The second-order valence-corrected chi connectivity index (χ2v) is 5.95. The van der Waals surface area contributed by atoms with E-state index < -0.39 is 0 Å². The van der Waals surface area contributed by atoms with Crippen molar-refractivity contribution in [3.63, 3.8) is 0 Å². The maximum Gasteiger partial charge on any atom is 0.182 e. The lowest BCUT2D eigenvalue weighted by atomic mass is 10.2. The predicted molar refractivity (Wildman–Crippen MR) is 80.4 cm³/mol. The van der Waals surface area contributed by atoms with Crippen LogP contribution in [-0.2, 0) is 6.54 Å². The van der Waals surface area contributed by atoms with Gasteiger partial charge in [0.05, 0.1) is 0 Å². The number of anilines is 1. The minimum Gasteiger partial charge on any atom is -0.362 e. The normalized spacial score (nSPS) is 13.3.